The van der Waals surface area contributed by atoms with Crippen molar-refractivity contribution in [1.29, 1.82) is 0 Å². The maximum absolute atomic E-state index is 12.8. The molecule has 0 bridgehead atoms. The first kappa shape index (κ1) is 27.0. The Bertz CT molecular complexity index is 1140. The molecule has 3 aromatic rings. The molecule has 36 heavy (non-hydrogen) atoms. The molecule has 1 atom stereocenters. The van der Waals surface area contributed by atoms with Gasteiger partial charge in [0.25, 0.3) is 5.91 Å². The Kier molecular flexibility index (Phi) is 10.2. The third-order valence-electron chi connectivity index (χ3n) is 5.27. The predicted octanol–water partition coefficient (Wildman–Crippen LogP) is 5.14. The molecule has 190 valence electrons. The van der Waals surface area contributed by atoms with Gasteiger partial charge in [-0.1, -0.05) is 54.1 Å². The largest absolute Gasteiger partial charge is 0.489 e. The van der Waals surface area contributed by atoms with E-state index in [0.29, 0.717) is 41.5 Å². The second kappa shape index (κ2) is 13.5. The van der Waals surface area contributed by atoms with Crippen LogP contribution in [0.15, 0.2) is 72.8 Å². The van der Waals surface area contributed by atoms with Gasteiger partial charge in [-0.25, -0.2) is 4.79 Å². The van der Waals surface area contributed by atoms with Gasteiger partial charge in [0.15, 0.2) is 0 Å². The minimum absolute atomic E-state index is 0.0310. The second-order valence-electron chi connectivity index (χ2n) is 8.57. The number of hydrogen-bond acceptors (Lipinski definition) is 5. The van der Waals surface area contributed by atoms with Crippen LogP contribution in [0.25, 0.3) is 0 Å². The molecule has 3 aromatic carbocycles. The summed E-state index contributed by atoms with van der Waals surface area (Å²) in [5.41, 5.74) is 2.30. The smallest absolute Gasteiger partial charge is 0.412 e. The van der Waals surface area contributed by atoms with Crippen LogP contribution in [0, 0.1) is 0 Å². The lowest BCUT2D eigenvalue weighted by atomic mass is 10.0. The van der Waals surface area contributed by atoms with Crippen LogP contribution in [0.3, 0.4) is 0 Å². The van der Waals surface area contributed by atoms with E-state index in [9.17, 15) is 14.7 Å². The van der Waals surface area contributed by atoms with Crippen molar-refractivity contribution in [3.8, 4) is 11.5 Å². The third kappa shape index (κ3) is 8.59. The Hall–Kier alpha value is -3.55. The Morgan fingerprint density at radius 1 is 0.972 bits per heavy atom. The fourth-order valence-electron chi connectivity index (χ4n) is 3.53. The van der Waals surface area contributed by atoms with Crippen molar-refractivity contribution in [1.82, 2.24) is 10.6 Å². The van der Waals surface area contributed by atoms with Crippen molar-refractivity contribution in [3.63, 3.8) is 0 Å². The van der Waals surface area contributed by atoms with Gasteiger partial charge in [0.05, 0.1) is 11.1 Å². The first-order valence-electron chi connectivity index (χ1n) is 11.8. The lowest BCUT2D eigenvalue weighted by molar-refractivity contribution is 0.0930. The van der Waals surface area contributed by atoms with Gasteiger partial charge >= 0.3 is 6.09 Å². The molecule has 0 aliphatic rings. The summed E-state index contributed by atoms with van der Waals surface area (Å²) in [6.07, 6.45) is 0.306. The van der Waals surface area contributed by atoms with Gasteiger partial charge in [-0.3, -0.25) is 4.79 Å². The van der Waals surface area contributed by atoms with Crippen molar-refractivity contribution < 1.29 is 24.2 Å². The highest BCUT2D eigenvalue weighted by Gasteiger charge is 2.16. The first-order valence-corrected chi connectivity index (χ1v) is 12.2. The van der Waals surface area contributed by atoms with Crippen LogP contribution >= 0.6 is 11.6 Å². The van der Waals surface area contributed by atoms with Crippen molar-refractivity contribution in [3.05, 3.63) is 94.5 Å². The van der Waals surface area contributed by atoms with E-state index in [0.717, 1.165) is 11.1 Å². The maximum Gasteiger partial charge on any atom is 0.412 e. The average Bonchev–Trinajstić information content (AvgIpc) is 2.85. The molecule has 0 unspecified atom stereocenters. The van der Waals surface area contributed by atoms with Gasteiger partial charge in [-0.2, -0.15) is 0 Å². The Labute approximate surface area is 216 Å². The lowest BCUT2D eigenvalue weighted by Gasteiger charge is -2.19. The molecule has 0 aromatic heterocycles. The zero-order chi connectivity index (χ0) is 25.9. The Morgan fingerprint density at radius 3 is 2.33 bits per heavy atom. The van der Waals surface area contributed by atoms with E-state index in [4.69, 9.17) is 21.1 Å². The minimum Gasteiger partial charge on any atom is -0.489 e. The molecule has 0 fully saturated rings. The number of rotatable bonds is 11. The zero-order valence-electron chi connectivity index (χ0n) is 20.4. The molecule has 2 amide bonds. The summed E-state index contributed by atoms with van der Waals surface area (Å²) in [4.78, 5) is 24.8. The number of aliphatic hydroxyl groups excluding tert-OH is 1. The van der Waals surface area contributed by atoms with Gasteiger partial charge in [0.2, 0.25) is 0 Å². The summed E-state index contributed by atoms with van der Waals surface area (Å²) < 4.78 is 10.9. The molecule has 0 saturated heterocycles. The lowest BCUT2D eigenvalue weighted by Crippen LogP contribution is -2.37. The number of benzene rings is 3. The quantitative estimate of drug-likeness (QED) is 0.332. The van der Waals surface area contributed by atoms with Crippen LogP contribution in [0.4, 0.5) is 4.79 Å². The molecule has 3 N–H and O–H groups in total. The summed E-state index contributed by atoms with van der Waals surface area (Å²) in [5, 5.41) is 15.5. The molecule has 0 aliphatic carbocycles. The number of nitrogens with one attached hydrogen (secondary N) is 2. The van der Waals surface area contributed by atoms with Crippen molar-refractivity contribution in [2.24, 2.45) is 0 Å². The molecule has 8 heteroatoms. The highest BCUT2D eigenvalue weighted by Crippen LogP contribution is 2.26. The highest BCUT2D eigenvalue weighted by molar-refractivity contribution is 6.32. The molecule has 0 heterocycles. The van der Waals surface area contributed by atoms with Crippen LogP contribution in [0.1, 0.15) is 41.8 Å². The molecule has 0 radical (unpaired) electrons. The topological polar surface area (TPSA) is 96.9 Å². The van der Waals surface area contributed by atoms with E-state index < -0.39 is 6.09 Å². The van der Waals surface area contributed by atoms with E-state index in [1.807, 2.05) is 56.3 Å². The van der Waals surface area contributed by atoms with Crippen LogP contribution < -0.4 is 20.1 Å². The monoisotopic (exact) mass is 510 g/mol. The number of hydrogen-bond donors (Lipinski definition) is 3. The second-order valence-corrected chi connectivity index (χ2v) is 8.98. The first-order chi connectivity index (χ1) is 17.3. The average molecular weight is 511 g/mol. The molecule has 3 rings (SSSR count). The standard InChI is InChI=1S/C28H31ClN2O5/c1-19(2)35-26-13-10-22(17-25(26)29)27(33)31-23(14-15-32)16-20-8-11-24(12-9-20)36-28(34)30-18-21-6-4-3-5-7-21/h3-13,17,19,23,32H,14-16,18H2,1-2H3,(H,30,34)(H,31,33)/t23-/m1/s1. The van der Waals surface area contributed by atoms with Gasteiger partial charge < -0.3 is 25.2 Å². The molecule has 0 spiro atoms. The summed E-state index contributed by atoms with van der Waals surface area (Å²) in [6, 6.07) is 21.2. The van der Waals surface area contributed by atoms with E-state index in [1.165, 1.54) is 0 Å². The number of carbonyl (C=O) groups excluding carboxylic acids is 2. The van der Waals surface area contributed by atoms with Gasteiger partial charge in [-0.15, -0.1) is 0 Å². The van der Waals surface area contributed by atoms with Crippen LogP contribution in [0.2, 0.25) is 5.02 Å². The highest BCUT2D eigenvalue weighted by atomic mass is 35.5. The van der Waals surface area contributed by atoms with Crippen LogP contribution in [-0.4, -0.2) is 35.9 Å². The Morgan fingerprint density at radius 2 is 1.69 bits per heavy atom. The molecule has 7 nitrogen and oxygen atoms in total. The fourth-order valence-corrected chi connectivity index (χ4v) is 3.76. The molecular weight excluding hydrogens is 480 g/mol. The third-order valence-corrected chi connectivity index (χ3v) is 5.56. The van der Waals surface area contributed by atoms with Crippen molar-refractivity contribution in [2.75, 3.05) is 6.61 Å². The van der Waals surface area contributed by atoms with Crippen molar-refractivity contribution >= 4 is 23.6 Å². The number of aliphatic hydroxyl groups is 1. The van der Waals surface area contributed by atoms with Gasteiger partial charge in [0.1, 0.15) is 11.5 Å². The zero-order valence-corrected chi connectivity index (χ0v) is 21.1. The summed E-state index contributed by atoms with van der Waals surface area (Å²) in [6.45, 7) is 4.10. The van der Waals surface area contributed by atoms with Crippen LogP contribution in [-0.2, 0) is 13.0 Å². The summed E-state index contributed by atoms with van der Waals surface area (Å²) in [5.74, 6) is 0.637. The van der Waals surface area contributed by atoms with Gasteiger partial charge in [0, 0.05) is 24.8 Å². The van der Waals surface area contributed by atoms with E-state index in [1.54, 1.807) is 30.3 Å². The predicted molar refractivity (Wildman–Crippen MR) is 140 cm³/mol. The maximum atomic E-state index is 12.8. The number of amides is 2. The number of halogens is 1. The minimum atomic E-state index is -0.541. The van der Waals surface area contributed by atoms with E-state index >= 15 is 0 Å². The normalized spacial score (nSPS) is 11.6. The van der Waals surface area contributed by atoms with E-state index in [-0.39, 0.29) is 24.7 Å². The van der Waals surface area contributed by atoms with E-state index in [2.05, 4.69) is 10.6 Å². The fraction of sp³-hybridized carbons (Fsp3) is 0.286. The van der Waals surface area contributed by atoms with Crippen LogP contribution in [0.5, 0.6) is 11.5 Å². The summed E-state index contributed by atoms with van der Waals surface area (Å²) in [7, 11) is 0. The SMILES string of the molecule is CC(C)Oc1ccc(C(=O)N[C@H](CCO)Cc2ccc(OC(=O)NCc3ccccc3)cc2)cc1Cl. The van der Waals surface area contributed by atoms with Gasteiger partial charge in [-0.05, 0) is 68.1 Å². The number of ether oxygens (including phenoxy) is 2. The Balaban J connectivity index is 1.54. The molecule has 0 saturated carbocycles. The molecule has 0 aliphatic heterocycles. The van der Waals surface area contributed by atoms with Crippen molar-refractivity contribution in [2.45, 2.75) is 45.4 Å². The summed E-state index contributed by atoms with van der Waals surface area (Å²) >= 11 is 6.26. The number of carbonyl (C=O) groups is 2. The molecular formula is C28H31ClN2O5.